The molecule has 0 aromatic heterocycles. The number of ether oxygens (including phenoxy) is 1. The van der Waals surface area contributed by atoms with E-state index in [1.54, 1.807) is 0 Å². The van der Waals surface area contributed by atoms with Gasteiger partial charge in [-0.05, 0) is 31.2 Å². The van der Waals surface area contributed by atoms with Crippen LogP contribution in [0.5, 0.6) is 0 Å². The molecule has 2 fully saturated rings. The van der Waals surface area contributed by atoms with Crippen molar-refractivity contribution in [2.24, 2.45) is 5.41 Å². The van der Waals surface area contributed by atoms with Crippen molar-refractivity contribution in [1.82, 2.24) is 9.80 Å². The van der Waals surface area contributed by atoms with Crippen LogP contribution in [0.25, 0.3) is 0 Å². The van der Waals surface area contributed by atoms with E-state index in [9.17, 15) is 9.90 Å². The molecule has 1 N–H and O–H groups in total. The standard InChI is InChI=1S/C16H30N2O3/c1-16(2)12-14(19)5-7-18(13-16)15(20)4-3-6-17-8-10-21-11-9-17/h14,19H,3-13H2,1-2H3. The number of aliphatic hydroxyl groups is 1. The second-order valence-corrected chi connectivity index (χ2v) is 7.18. The van der Waals surface area contributed by atoms with Crippen LogP contribution in [0.2, 0.25) is 0 Å². The van der Waals surface area contributed by atoms with Gasteiger partial charge in [0.2, 0.25) is 5.91 Å². The molecule has 1 unspecified atom stereocenters. The van der Waals surface area contributed by atoms with Crippen molar-refractivity contribution in [1.29, 1.82) is 0 Å². The van der Waals surface area contributed by atoms with E-state index in [2.05, 4.69) is 18.7 Å². The van der Waals surface area contributed by atoms with Gasteiger partial charge in [-0.2, -0.15) is 0 Å². The average Bonchev–Trinajstić information content (AvgIpc) is 2.57. The Bertz CT molecular complexity index is 340. The first-order chi connectivity index (χ1) is 9.96. The maximum absolute atomic E-state index is 12.4. The second-order valence-electron chi connectivity index (χ2n) is 7.18. The summed E-state index contributed by atoms with van der Waals surface area (Å²) in [6.45, 7) is 10.3. The predicted octanol–water partition coefficient (Wildman–Crippen LogP) is 1.11. The normalized spacial score (nSPS) is 27.4. The summed E-state index contributed by atoms with van der Waals surface area (Å²) in [4.78, 5) is 16.7. The molecule has 2 aliphatic heterocycles. The number of amides is 1. The van der Waals surface area contributed by atoms with Gasteiger partial charge in [0.1, 0.15) is 0 Å². The first-order valence-electron chi connectivity index (χ1n) is 8.22. The summed E-state index contributed by atoms with van der Waals surface area (Å²) in [5, 5.41) is 9.91. The van der Waals surface area contributed by atoms with Gasteiger partial charge in [0, 0.05) is 32.6 Å². The molecule has 0 spiro atoms. The van der Waals surface area contributed by atoms with Gasteiger partial charge >= 0.3 is 0 Å². The monoisotopic (exact) mass is 298 g/mol. The number of morpholine rings is 1. The first-order valence-corrected chi connectivity index (χ1v) is 8.22. The summed E-state index contributed by atoms with van der Waals surface area (Å²) in [5.41, 5.74) is 0.00971. The van der Waals surface area contributed by atoms with E-state index in [0.29, 0.717) is 19.4 Å². The van der Waals surface area contributed by atoms with Gasteiger partial charge in [-0.15, -0.1) is 0 Å². The minimum absolute atomic E-state index is 0.00971. The molecule has 0 saturated carbocycles. The quantitative estimate of drug-likeness (QED) is 0.845. The van der Waals surface area contributed by atoms with Crippen molar-refractivity contribution in [2.75, 3.05) is 45.9 Å². The van der Waals surface area contributed by atoms with E-state index in [4.69, 9.17) is 4.74 Å². The molecule has 0 radical (unpaired) electrons. The second kappa shape index (κ2) is 7.56. The molecule has 2 rings (SSSR count). The van der Waals surface area contributed by atoms with Crippen LogP contribution in [0.4, 0.5) is 0 Å². The van der Waals surface area contributed by atoms with Crippen molar-refractivity contribution in [3.8, 4) is 0 Å². The molecule has 122 valence electrons. The van der Waals surface area contributed by atoms with Crippen molar-refractivity contribution < 1.29 is 14.6 Å². The maximum atomic E-state index is 12.4. The van der Waals surface area contributed by atoms with Gasteiger partial charge in [-0.3, -0.25) is 9.69 Å². The topological polar surface area (TPSA) is 53.0 Å². The maximum Gasteiger partial charge on any atom is 0.222 e. The lowest BCUT2D eigenvalue weighted by Crippen LogP contribution is -2.39. The zero-order valence-corrected chi connectivity index (χ0v) is 13.5. The number of aliphatic hydroxyl groups excluding tert-OH is 1. The summed E-state index contributed by atoms with van der Waals surface area (Å²) >= 11 is 0. The van der Waals surface area contributed by atoms with Crippen LogP contribution >= 0.6 is 0 Å². The Labute approximate surface area is 128 Å². The highest BCUT2D eigenvalue weighted by molar-refractivity contribution is 5.76. The summed E-state index contributed by atoms with van der Waals surface area (Å²) in [5.74, 6) is 0.241. The molecule has 5 heteroatoms. The van der Waals surface area contributed by atoms with Crippen LogP contribution in [0, 0.1) is 5.41 Å². The lowest BCUT2D eigenvalue weighted by molar-refractivity contribution is -0.132. The third-order valence-corrected chi connectivity index (χ3v) is 4.46. The smallest absolute Gasteiger partial charge is 0.222 e. The van der Waals surface area contributed by atoms with Gasteiger partial charge in [0.05, 0.1) is 19.3 Å². The first kappa shape index (κ1) is 16.7. The Kier molecular flexibility index (Phi) is 6.02. The van der Waals surface area contributed by atoms with E-state index >= 15 is 0 Å². The molecule has 0 aromatic carbocycles. The Morgan fingerprint density at radius 2 is 2.00 bits per heavy atom. The molecule has 2 aliphatic rings. The summed E-state index contributed by atoms with van der Waals surface area (Å²) in [6.07, 6.45) is 2.75. The molecule has 21 heavy (non-hydrogen) atoms. The van der Waals surface area contributed by atoms with Crippen LogP contribution in [-0.4, -0.2) is 72.9 Å². The predicted molar refractivity (Wildman–Crippen MR) is 82.1 cm³/mol. The third-order valence-electron chi connectivity index (χ3n) is 4.46. The number of hydrogen-bond donors (Lipinski definition) is 1. The SMILES string of the molecule is CC1(C)CC(O)CCN(C(=O)CCCN2CCOCC2)C1. The summed E-state index contributed by atoms with van der Waals surface area (Å²) in [6, 6.07) is 0. The largest absolute Gasteiger partial charge is 0.393 e. The highest BCUT2D eigenvalue weighted by Gasteiger charge is 2.30. The van der Waals surface area contributed by atoms with Gasteiger partial charge in [0.15, 0.2) is 0 Å². The van der Waals surface area contributed by atoms with Gasteiger partial charge in [-0.25, -0.2) is 0 Å². The molecule has 2 heterocycles. The van der Waals surface area contributed by atoms with E-state index in [-0.39, 0.29) is 17.4 Å². The molecular formula is C16H30N2O3. The van der Waals surface area contributed by atoms with Crippen molar-refractivity contribution in [2.45, 2.75) is 45.6 Å². The van der Waals surface area contributed by atoms with Crippen molar-refractivity contribution in [3.63, 3.8) is 0 Å². The average molecular weight is 298 g/mol. The Balaban J connectivity index is 1.74. The fourth-order valence-corrected chi connectivity index (χ4v) is 3.35. The van der Waals surface area contributed by atoms with Gasteiger partial charge in [-0.1, -0.05) is 13.8 Å². The van der Waals surface area contributed by atoms with Crippen LogP contribution in [0.1, 0.15) is 39.5 Å². The fraction of sp³-hybridized carbons (Fsp3) is 0.938. The Morgan fingerprint density at radius 1 is 1.29 bits per heavy atom. The molecule has 0 bridgehead atoms. The zero-order chi connectivity index (χ0) is 15.3. The molecule has 1 amide bonds. The van der Waals surface area contributed by atoms with E-state index < -0.39 is 0 Å². The van der Waals surface area contributed by atoms with Crippen molar-refractivity contribution in [3.05, 3.63) is 0 Å². The molecule has 2 saturated heterocycles. The van der Waals surface area contributed by atoms with Crippen LogP contribution < -0.4 is 0 Å². The van der Waals surface area contributed by atoms with E-state index in [0.717, 1.165) is 52.2 Å². The van der Waals surface area contributed by atoms with Crippen LogP contribution in [0.15, 0.2) is 0 Å². The van der Waals surface area contributed by atoms with E-state index in [1.807, 2.05) is 4.90 Å². The Morgan fingerprint density at radius 3 is 2.71 bits per heavy atom. The fourth-order valence-electron chi connectivity index (χ4n) is 3.35. The van der Waals surface area contributed by atoms with Gasteiger partial charge in [0.25, 0.3) is 0 Å². The summed E-state index contributed by atoms with van der Waals surface area (Å²) < 4.78 is 5.33. The number of carbonyl (C=O) groups is 1. The molecule has 1 atom stereocenters. The highest BCUT2D eigenvalue weighted by atomic mass is 16.5. The number of nitrogens with zero attached hydrogens (tertiary/aromatic N) is 2. The Hall–Kier alpha value is -0.650. The minimum atomic E-state index is -0.272. The highest BCUT2D eigenvalue weighted by Crippen LogP contribution is 2.28. The van der Waals surface area contributed by atoms with Crippen LogP contribution in [-0.2, 0) is 9.53 Å². The number of rotatable bonds is 4. The molecule has 0 aliphatic carbocycles. The molecule has 0 aromatic rings. The number of likely N-dealkylation sites (tertiary alicyclic amines) is 1. The van der Waals surface area contributed by atoms with Crippen molar-refractivity contribution >= 4 is 5.91 Å². The lowest BCUT2D eigenvalue weighted by Gasteiger charge is -2.30. The summed E-state index contributed by atoms with van der Waals surface area (Å²) in [7, 11) is 0. The van der Waals surface area contributed by atoms with E-state index in [1.165, 1.54) is 0 Å². The number of carbonyl (C=O) groups excluding carboxylic acids is 1. The third kappa shape index (κ3) is 5.57. The minimum Gasteiger partial charge on any atom is -0.393 e. The van der Waals surface area contributed by atoms with Crippen LogP contribution in [0.3, 0.4) is 0 Å². The molecular weight excluding hydrogens is 268 g/mol. The number of hydrogen-bond acceptors (Lipinski definition) is 4. The lowest BCUT2D eigenvalue weighted by atomic mass is 9.87. The molecule has 5 nitrogen and oxygen atoms in total. The van der Waals surface area contributed by atoms with Gasteiger partial charge < -0.3 is 14.7 Å². The zero-order valence-electron chi connectivity index (χ0n) is 13.5.